The molecular weight excluding hydrogens is 372 g/mol. The van der Waals surface area contributed by atoms with E-state index in [1.807, 2.05) is 106 Å². The van der Waals surface area contributed by atoms with Crippen molar-refractivity contribution in [2.75, 3.05) is 0 Å². The van der Waals surface area contributed by atoms with E-state index in [-0.39, 0.29) is 22.9 Å². The molecular formula is C25H20FeO+2. The van der Waals surface area contributed by atoms with E-state index in [9.17, 15) is 4.79 Å². The van der Waals surface area contributed by atoms with E-state index in [2.05, 4.69) is 12.1 Å². The second kappa shape index (κ2) is 12.0. The fraction of sp³-hybridized carbons (Fsp3) is 0. The normalized spacial score (nSPS) is 16.6. The summed E-state index contributed by atoms with van der Waals surface area (Å²) in [6.07, 6.45) is 21.3. The van der Waals surface area contributed by atoms with Crippen LogP contribution in [0.2, 0.25) is 0 Å². The van der Waals surface area contributed by atoms with Crippen molar-refractivity contribution in [1.29, 1.82) is 0 Å². The Morgan fingerprint density at radius 2 is 1.15 bits per heavy atom. The molecule has 2 heteroatoms. The number of carbonyl (C=O) groups excluding carboxylic acids is 1. The van der Waals surface area contributed by atoms with Crippen molar-refractivity contribution < 1.29 is 21.9 Å². The Balaban J connectivity index is 0.000000379. The van der Waals surface area contributed by atoms with Crippen molar-refractivity contribution in [2.24, 2.45) is 0 Å². The summed E-state index contributed by atoms with van der Waals surface area (Å²) in [5.74, 6) is 1.07. The molecule has 2 aliphatic carbocycles. The Morgan fingerprint density at radius 3 is 1.70 bits per heavy atom. The maximum Gasteiger partial charge on any atom is 2.00 e. The van der Waals surface area contributed by atoms with Crippen molar-refractivity contribution in [3.63, 3.8) is 0 Å². The molecule has 27 heavy (non-hydrogen) atoms. The molecule has 0 spiro atoms. The van der Waals surface area contributed by atoms with Crippen molar-refractivity contribution in [1.82, 2.24) is 0 Å². The molecule has 0 aliphatic heterocycles. The Bertz CT molecular complexity index is 685. The first-order valence-corrected chi connectivity index (χ1v) is 8.59. The van der Waals surface area contributed by atoms with Gasteiger partial charge in [0.05, 0.1) is 0 Å². The van der Waals surface area contributed by atoms with Gasteiger partial charge in [-0.15, -0.1) is 0 Å². The monoisotopic (exact) mass is 392 g/mol. The van der Waals surface area contributed by atoms with Gasteiger partial charge in [0.1, 0.15) is 0 Å². The van der Waals surface area contributed by atoms with E-state index in [0.29, 0.717) is 5.56 Å². The first-order chi connectivity index (χ1) is 12.8. The van der Waals surface area contributed by atoms with E-state index < -0.39 is 0 Å². The molecule has 132 valence electrons. The van der Waals surface area contributed by atoms with Crippen LogP contribution in [-0.4, -0.2) is 5.78 Å². The van der Waals surface area contributed by atoms with Crippen LogP contribution < -0.4 is 0 Å². The second-order valence-corrected chi connectivity index (χ2v) is 5.82. The average Bonchev–Trinajstić information content (AvgIpc) is 3.43. The Morgan fingerprint density at radius 1 is 0.630 bits per heavy atom. The number of carbonyl (C=O) groups is 1. The van der Waals surface area contributed by atoms with Crippen molar-refractivity contribution in [2.45, 2.75) is 0 Å². The molecule has 0 N–H and O–H groups in total. The second-order valence-electron chi connectivity index (χ2n) is 5.82. The third-order valence-electron chi connectivity index (χ3n) is 3.95. The fourth-order valence-electron chi connectivity index (χ4n) is 2.55. The molecule has 0 heterocycles. The Hall–Kier alpha value is -1.63. The van der Waals surface area contributed by atoms with Gasteiger partial charge < -0.3 is 0 Å². The summed E-state index contributed by atoms with van der Waals surface area (Å²) in [6, 6.07) is 17.9. The number of hydrogen-bond acceptors (Lipinski definition) is 1. The maximum atomic E-state index is 12.1. The molecule has 2 aliphatic rings. The van der Waals surface area contributed by atoms with Crippen LogP contribution in [0, 0.1) is 63.7 Å². The summed E-state index contributed by atoms with van der Waals surface area (Å²) in [7, 11) is 0. The average molecular weight is 392 g/mol. The summed E-state index contributed by atoms with van der Waals surface area (Å²) in [5.41, 5.74) is 2.98. The summed E-state index contributed by atoms with van der Waals surface area (Å²) >= 11 is 0. The molecule has 0 aromatic heterocycles. The quantitative estimate of drug-likeness (QED) is 0.381. The predicted molar refractivity (Wildman–Crippen MR) is 107 cm³/mol. The molecule has 0 unspecified atom stereocenters. The summed E-state index contributed by atoms with van der Waals surface area (Å²) < 4.78 is 0. The smallest absolute Gasteiger partial charge is 0.289 e. The first kappa shape index (κ1) is 21.7. The number of benzene rings is 2. The number of hydrogen-bond donors (Lipinski definition) is 0. The minimum absolute atomic E-state index is 0. The third-order valence-corrected chi connectivity index (χ3v) is 3.95. The predicted octanol–water partition coefficient (Wildman–Crippen LogP) is 5.52. The molecule has 4 rings (SSSR count). The van der Waals surface area contributed by atoms with Crippen molar-refractivity contribution >= 4 is 5.78 Å². The van der Waals surface area contributed by atoms with Crippen molar-refractivity contribution in [3.05, 3.63) is 136 Å². The van der Waals surface area contributed by atoms with Gasteiger partial charge in [-0.2, -0.15) is 0 Å². The van der Waals surface area contributed by atoms with Crippen LogP contribution in [0.15, 0.2) is 66.7 Å². The van der Waals surface area contributed by atoms with E-state index >= 15 is 0 Å². The molecule has 0 amide bonds. The molecule has 1 nitrogen and oxygen atoms in total. The van der Waals surface area contributed by atoms with Gasteiger partial charge in [0.2, 0.25) is 0 Å². The van der Waals surface area contributed by atoms with E-state index in [4.69, 9.17) is 0 Å². The maximum absolute atomic E-state index is 12.1. The van der Waals surface area contributed by atoms with Crippen LogP contribution in [0.3, 0.4) is 0 Å². The molecule has 2 saturated carbocycles. The van der Waals surface area contributed by atoms with E-state index in [1.165, 1.54) is 0 Å². The number of ketones is 1. The van der Waals surface area contributed by atoms with Crippen LogP contribution in [0.5, 0.6) is 0 Å². The van der Waals surface area contributed by atoms with Crippen LogP contribution in [0.1, 0.15) is 10.4 Å². The molecule has 0 bridgehead atoms. The minimum Gasteiger partial charge on any atom is -0.289 e. The van der Waals surface area contributed by atoms with Crippen LogP contribution in [-0.2, 0) is 17.1 Å². The standard InChI is InChI=1S/C20H15O.C5H5.Fe/c21-20(15-10-16-6-4-5-7-16)19-13-11-18(12-14-19)17-8-2-1-3-9-17;1-2-4-5-3-1;/h1-15H;1-5H;/q;;+2/b15-10+;;. The summed E-state index contributed by atoms with van der Waals surface area (Å²) in [5, 5.41) is 0. The summed E-state index contributed by atoms with van der Waals surface area (Å²) in [6.45, 7) is 0. The van der Waals surface area contributed by atoms with E-state index in [1.54, 1.807) is 6.08 Å². The minimum atomic E-state index is 0. The van der Waals surface area contributed by atoms with Gasteiger partial charge in [-0.1, -0.05) is 60.7 Å². The first-order valence-electron chi connectivity index (χ1n) is 8.59. The van der Waals surface area contributed by atoms with Gasteiger partial charge in [0, 0.05) is 11.5 Å². The molecule has 2 fully saturated rings. The SMILES string of the molecule is O=C(/C=C/[C]1[CH][CH][CH][CH]1)c1ccc(-c2ccccc2)cc1.[CH]1[CH][CH][CH][CH]1.[Fe+2]. The zero-order chi connectivity index (χ0) is 18.0. The zero-order valence-electron chi connectivity index (χ0n) is 14.8. The summed E-state index contributed by atoms with van der Waals surface area (Å²) in [4.78, 5) is 12.1. The molecule has 10 radical (unpaired) electrons. The van der Waals surface area contributed by atoms with E-state index in [0.717, 1.165) is 17.0 Å². The fourth-order valence-corrected chi connectivity index (χ4v) is 2.55. The number of rotatable bonds is 4. The van der Waals surface area contributed by atoms with Gasteiger partial charge in [-0.05, 0) is 75.0 Å². The third kappa shape index (κ3) is 7.13. The zero-order valence-corrected chi connectivity index (χ0v) is 15.9. The molecule has 0 atom stereocenters. The van der Waals surface area contributed by atoms with Crippen LogP contribution in [0.4, 0.5) is 0 Å². The largest absolute Gasteiger partial charge is 2.00 e. The van der Waals surface area contributed by atoms with Crippen LogP contribution in [0.25, 0.3) is 11.1 Å². The molecule has 2 aromatic rings. The van der Waals surface area contributed by atoms with Gasteiger partial charge in [-0.3, -0.25) is 4.79 Å². The van der Waals surface area contributed by atoms with Gasteiger partial charge in [0.15, 0.2) is 5.78 Å². The van der Waals surface area contributed by atoms with Crippen molar-refractivity contribution in [3.8, 4) is 11.1 Å². The van der Waals surface area contributed by atoms with Crippen LogP contribution >= 0.6 is 0 Å². The van der Waals surface area contributed by atoms with Gasteiger partial charge in [-0.25, -0.2) is 0 Å². The van der Waals surface area contributed by atoms with Gasteiger partial charge in [0.25, 0.3) is 0 Å². The number of allylic oxidation sites excluding steroid dienone is 2. The Kier molecular flexibility index (Phi) is 9.59. The molecule has 2 aromatic carbocycles. The Labute approximate surface area is 174 Å². The molecule has 0 saturated heterocycles. The topological polar surface area (TPSA) is 17.1 Å². The van der Waals surface area contributed by atoms with Gasteiger partial charge >= 0.3 is 17.1 Å².